The Hall–Kier alpha value is -1.60. The highest BCUT2D eigenvalue weighted by Gasteiger charge is 2.33. The van der Waals surface area contributed by atoms with E-state index in [4.69, 9.17) is 9.47 Å². The molecule has 0 saturated carbocycles. The Morgan fingerprint density at radius 1 is 1.50 bits per heavy atom. The first-order valence-electron chi connectivity index (χ1n) is 8.88. The van der Waals surface area contributed by atoms with Crippen molar-refractivity contribution in [1.82, 2.24) is 20.4 Å². The number of ether oxygens (including phenoxy) is 2. The van der Waals surface area contributed by atoms with E-state index >= 15 is 0 Å². The number of hydrogen-bond donors (Lipinski definition) is 2. The van der Waals surface area contributed by atoms with Gasteiger partial charge in [0.25, 0.3) is 0 Å². The average molecular weight is 336 g/mol. The van der Waals surface area contributed by atoms with Crippen LogP contribution in [0.25, 0.3) is 0 Å². The highest BCUT2D eigenvalue weighted by molar-refractivity contribution is 5.74. The minimum absolute atomic E-state index is 0.00571. The van der Waals surface area contributed by atoms with E-state index in [1.807, 2.05) is 24.2 Å². The second-order valence-corrected chi connectivity index (χ2v) is 7.06. The summed E-state index contributed by atoms with van der Waals surface area (Å²) in [6, 6.07) is 0.123. The molecule has 2 unspecified atom stereocenters. The molecule has 7 heteroatoms. The molecule has 0 aromatic carbocycles. The van der Waals surface area contributed by atoms with Gasteiger partial charge in [0, 0.05) is 31.3 Å². The van der Waals surface area contributed by atoms with Gasteiger partial charge in [0.1, 0.15) is 0 Å². The van der Waals surface area contributed by atoms with Crippen molar-refractivity contribution in [3.8, 4) is 0 Å². The Bertz CT molecular complexity index is 528. The van der Waals surface area contributed by atoms with Crippen molar-refractivity contribution < 1.29 is 14.3 Å². The number of rotatable bonds is 5. The van der Waals surface area contributed by atoms with Crippen LogP contribution in [-0.2, 0) is 9.47 Å². The predicted molar refractivity (Wildman–Crippen MR) is 89.4 cm³/mol. The fourth-order valence-electron chi connectivity index (χ4n) is 3.71. The average Bonchev–Trinajstić information content (AvgIpc) is 3.24. The molecule has 24 heavy (non-hydrogen) atoms. The van der Waals surface area contributed by atoms with Crippen LogP contribution in [0, 0.1) is 5.92 Å². The smallest absolute Gasteiger partial charge is 0.317 e. The third-order valence-electron chi connectivity index (χ3n) is 4.89. The lowest BCUT2D eigenvalue weighted by atomic mass is 9.98. The molecule has 0 bridgehead atoms. The number of urea groups is 1. The Labute approximate surface area is 143 Å². The van der Waals surface area contributed by atoms with Crippen molar-refractivity contribution in [1.29, 1.82) is 0 Å². The number of H-pyrrole nitrogens is 1. The summed E-state index contributed by atoms with van der Waals surface area (Å²) in [4.78, 5) is 14.6. The van der Waals surface area contributed by atoms with Gasteiger partial charge in [0.05, 0.1) is 25.5 Å². The summed E-state index contributed by atoms with van der Waals surface area (Å²) in [5.74, 6) is -0.219. The zero-order valence-electron chi connectivity index (χ0n) is 14.6. The first kappa shape index (κ1) is 17.2. The van der Waals surface area contributed by atoms with Gasteiger partial charge >= 0.3 is 6.03 Å². The van der Waals surface area contributed by atoms with E-state index in [9.17, 15) is 4.79 Å². The van der Waals surface area contributed by atoms with Crippen LogP contribution >= 0.6 is 0 Å². The van der Waals surface area contributed by atoms with E-state index < -0.39 is 5.79 Å². The Morgan fingerprint density at radius 3 is 3.00 bits per heavy atom. The van der Waals surface area contributed by atoms with E-state index in [0.29, 0.717) is 19.8 Å². The van der Waals surface area contributed by atoms with Crippen LogP contribution < -0.4 is 5.32 Å². The molecule has 2 aliphatic rings. The van der Waals surface area contributed by atoms with Gasteiger partial charge in [-0.15, -0.1) is 0 Å². The number of aromatic nitrogens is 2. The zero-order chi connectivity index (χ0) is 17.0. The Morgan fingerprint density at radius 2 is 2.29 bits per heavy atom. The first-order chi connectivity index (χ1) is 11.6. The number of carbonyl (C=O) groups is 1. The highest BCUT2D eigenvalue weighted by atomic mass is 16.7. The molecule has 0 radical (unpaired) electrons. The number of likely N-dealkylation sites (tertiary alicyclic amines) is 1. The molecule has 2 saturated heterocycles. The molecular weight excluding hydrogens is 308 g/mol. The maximum Gasteiger partial charge on any atom is 0.317 e. The normalized spacial score (nSPS) is 24.8. The standard InChI is InChI=1S/C17H28N4O3/c1-13(9-17(2)23-7-8-24-17)10-18-16(22)21-6-4-3-5-15(21)14-11-19-20-12-14/h11-13,15H,3-10H2,1-2H3,(H,18,22)(H,19,20). The van der Waals surface area contributed by atoms with Crippen LogP contribution in [0.4, 0.5) is 4.79 Å². The first-order valence-corrected chi connectivity index (χ1v) is 8.88. The topological polar surface area (TPSA) is 79.5 Å². The van der Waals surface area contributed by atoms with Gasteiger partial charge in [-0.3, -0.25) is 5.10 Å². The molecule has 3 rings (SSSR count). The molecule has 7 nitrogen and oxygen atoms in total. The second-order valence-electron chi connectivity index (χ2n) is 7.06. The van der Waals surface area contributed by atoms with Gasteiger partial charge in [0.2, 0.25) is 0 Å². The third kappa shape index (κ3) is 4.08. The van der Waals surface area contributed by atoms with Crippen molar-refractivity contribution in [3.63, 3.8) is 0 Å². The molecule has 2 fully saturated rings. The minimum atomic E-state index is -0.505. The lowest BCUT2D eigenvalue weighted by molar-refractivity contribution is -0.153. The molecule has 2 N–H and O–H groups in total. The number of amides is 2. The molecule has 1 aromatic heterocycles. The maximum atomic E-state index is 12.6. The van der Waals surface area contributed by atoms with Crippen LogP contribution in [0.5, 0.6) is 0 Å². The minimum Gasteiger partial charge on any atom is -0.348 e. The molecular formula is C17H28N4O3. The van der Waals surface area contributed by atoms with Gasteiger partial charge in [-0.1, -0.05) is 6.92 Å². The molecule has 0 aliphatic carbocycles. The molecule has 3 heterocycles. The molecule has 2 atom stereocenters. The number of hydrogen-bond acceptors (Lipinski definition) is 4. The summed E-state index contributed by atoms with van der Waals surface area (Å²) in [5.41, 5.74) is 1.08. The quantitative estimate of drug-likeness (QED) is 0.865. The fourth-order valence-corrected chi connectivity index (χ4v) is 3.71. The summed E-state index contributed by atoms with van der Waals surface area (Å²) in [7, 11) is 0. The summed E-state index contributed by atoms with van der Waals surface area (Å²) in [5, 5.41) is 9.94. The predicted octanol–water partition coefficient (Wildman–Crippen LogP) is 2.44. The van der Waals surface area contributed by atoms with Crippen LogP contribution in [-0.4, -0.2) is 53.2 Å². The Balaban J connectivity index is 1.51. The largest absolute Gasteiger partial charge is 0.348 e. The SMILES string of the molecule is CC(CNC(=O)N1CCCCC1c1cn[nH]c1)CC1(C)OCCO1. The van der Waals surface area contributed by atoms with Gasteiger partial charge in [-0.05, 0) is 32.1 Å². The van der Waals surface area contributed by atoms with Crippen molar-refractivity contribution in [2.24, 2.45) is 5.92 Å². The van der Waals surface area contributed by atoms with Crippen LogP contribution in [0.2, 0.25) is 0 Å². The van der Waals surface area contributed by atoms with Gasteiger partial charge in [-0.25, -0.2) is 4.79 Å². The van der Waals surface area contributed by atoms with E-state index in [2.05, 4.69) is 22.4 Å². The third-order valence-corrected chi connectivity index (χ3v) is 4.89. The number of aromatic amines is 1. The molecule has 2 amide bonds. The Kier molecular flexibility index (Phi) is 5.40. The van der Waals surface area contributed by atoms with Gasteiger partial charge < -0.3 is 19.7 Å². The van der Waals surface area contributed by atoms with E-state index in [1.165, 1.54) is 0 Å². The number of carbonyl (C=O) groups excluding carboxylic acids is 1. The lowest BCUT2D eigenvalue weighted by Gasteiger charge is -2.35. The monoisotopic (exact) mass is 336 g/mol. The van der Waals surface area contributed by atoms with Gasteiger partial charge in [-0.2, -0.15) is 5.10 Å². The van der Waals surface area contributed by atoms with Crippen molar-refractivity contribution in [3.05, 3.63) is 18.0 Å². The molecule has 134 valence electrons. The van der Waals surface area contributed by atoms with E-state index in [0.717, 1.165) is 37.8 Å². The molecule has 0 spiro atoms. The maximum absolute atomic E-state index is 12.6. The second kappa shape index (κ2) is 7.53. The van der Waals surface area contributed by atoms with Crippen molar-refractivity contribution >= 4 is 6.03 Å². The fraction of sp³-hybridized carbons (Fsp3) is 0.765. The lowest BCUT2D eigenvalue weighted by Crippen LogP contribution is -2.46. The zero-order valence-corrected chi connectivity index (χ0v) is 14.6. The van der Waals surface area contributed by atoms with Gasteiger partial charge in [0.15, 0.2) is 5.79 Å². The number of nitrogens with zero attached hydrogens (tertiary/aromatic N) is 2. The van der Waals surface area contributed by atoms with Crippen LogP contribution in [0.15, 0.2) is 12.4 Å². The summed E-state index contributed by atoms with van der Waals surface area (Å²) in [6.07, 6.45) is 7.66. The van der Waals surface area contributed by atoms with Crippen LogP contribution in [0.1, 0.15) is 51.1 Å². The summed E-state index contributed by atoms with van der Waals surface area (Å²) in [6.45, 7) is 6.79. The van der Waals surface area contributed by atoms with Crippen molar-refractivity contribution in [2.75, 3.05) is 26.3 Å². The molecule has 1 aromatic rings. The number of piperidine rings is 1. The number of nitrogens with one attached hydrogen (secondary N) is 2. The van der Waals surface area contributed by atoms with Crippen molar-refractivity contribution in [2.45, 2.75) is 51.4 Å². The van der Waals surface area contributed by atoms with Crippen LogP contribution in [0.3, 0.4) is 0 Å². The summed E-state index contributed by atoms with van der Waals surface area (Å²) >= 11 is 0. The summed E-state index contributed by atoms with van der Waals surface area (Å²) < 4.78 is 11.3. The van der Waals surface area contributed by atoms with E-state index in [1.54, 1.807) is 0 Å². The highest BCUT2D eigenvalue weighted by Crippen LogP contribution is 2.30. The molecule has 2 aliphatic heterocycles. The van der Waals surface area contributed by atoms with E-state index in [-0.39, 0.29) is 18.0 Å².